The number of carbonyl (C=O) groups is 2. The number of aliphatic carboxylic acids is 1. The molecule has 4 nitrogen and oxygen atoms in total. The third kappa shape index (κ3) is 3.62. The molecule has 18 heavy (non-hydrogen) atoms. The van der Waals surface area contributed by atoms with Crippen molar-refractivity contribution in [1.29, 1.82) is 0 Å². The van der Waals surface area contributed by atoms with Gasteiger partial charge in [0.15, 0.2) is 0 Å². The molecule has 0 bridgehead atoms. The average Bonchev–Trinajstić information content (AvgIpc) is 2.28. The van der Waals surface area contributed by atoms with Crippen molar-refractivity contribution in [2.24, 2.45) is 5.92 Å². The number of hydrogen-bond donors (Lipinski definition) is 2. The van der Waals surface area contributed by atoms with Gasteiger partial charge in [0.2, 0.25) is 0 Å². The Kier molecular flexibility index (Phi) is 4.99. The zero-order chi connectivity index (χ0) is 13.9. The average molecular weight is 290 g/mol. The first-order chi connectivity index (χ1) is 8.32. The van der Waals surface area contributed by atoms with Gasteiger partial charge in [0.05, 0.1) is 10.0 Å². The Hall–Kier alpha value is -1.26. The van der Waals surface area contributed by atoms with Gasteiger partial charge in [-0.15, -0.1) is 0 Å². The van der Waals surface area contributed by atoms with E-state index in [1.807, 2.05) is 0 Å². The molecule has 0 spiro atoms. The second kappa shape index (κ2) is 6.07. The SMILES string of the molecule is CC(C)[C@@H](NC(=O)c1ccc(Cl)c(Cl)c1)C(=O)O. The minimum absolute atomic E-state index is 0.214. The predicted octanol–water partition coefficient (Wildman–Crippen LogP) is 2.83. The maximum Gasteiger partial charge on any atom is 0.326 e. The first-order valence-electron chi connectivity index (χ1n) is 5.31. The summed E-state index contributed by atoms with van der Waals surface area (Å²) in [5.74, 6) is -1.78. The molecule has 0 heterocycles. The van der Waals surface area contributed by atoms with E-state index in [9.17, 15) is 9.59 Å². The fraction of sp³-hybridized carbons (Fsp3) is 0.333. The number of halogens is 2. The van der Waals surface area contributed by atoms with Gasteiger partial charge in [-0.2, -0.15) is 0 Å². The number of carboxylic acid groups (broad SMARTS) is 1. The zero-order valence-corrected chi connectivity index (χ0v) is 11.4. The molecule has 0 saturated heterocycles. The number of hydrogen-bond acceptors (Lipinski definition) is 2. The van der Waals surface area contributed by atoms with E-state index in [0.717, 1.165) is 0 Å². The quantitative estimate of drug-likeness (QED) is 0.896. The summed E-state index contributed by atoms with van der Waals surface area (Å²) in [7, 11) is 0. The lowest BCUT2D eigenvalue weighted by Crippen LogP contribution is -2.44. The Balaban J connectivity index is 2.87. The second-order valence-electron chi connectivity index (χ2n) is 4.16. The highest BCUT2D eigenvalue weighted by Gasteiger charge is 2.24. The Morgan fingerprint density at radius 1 is 1.22 bits per heavy atom. The highest BCUT2D eigenvalue weighted by atomic mass is 35.5. The molecule has 2 N–H and O–H groups in total. The van der Waals surface area contributed by atoms with Crippen LogP contribution in [0.3, 0.4) is 0 Å². The van der Waals surface area contributed by atoms with Gasteiger partial charge in [0.25, 0.3) is 5.91 Å². The molecule has 1 atom stereocenters. The largest absolute Gasteiger partial charge is 0.480 e. The lowest BCUT2D eigenvalue weighted by Gasteiger charge is -2.17. The molecule has 0 aromatic heterocycles. The third-order valence-electron chi connectivity index (χ3n) is 2.40. The lowest BCUT2D eigenvalue weighted by molar-refractivity contribution is -0.140. The summed E-state index contributed by atoms with van der Waals surface area (Å²) in [4.78, 5) is 22.8. The van der Waals surface area contributed by atoms with E-state index < -0.39 is 17.9 Å². The van der Waals surface area contributed by atoms with Crippen LogP contribution in [0.4, 0.5) is 0 Å². The molecule has 0 aliphatic heterocycles. The number of rotatable bonds is 4. The van der Waals surface area contributed by atoms with Crippen molar-refractivity contribution in [3.05, 3.63) is 33.8 Å². The molecule has 1 aromatic carbocycles. The maximum atomic E-state index is 11.9. The summed E-state index contributed by atoms with van der Waals surface area (Å²) in [6, 6.07) is 3.44. The molecule has 1 rings (SSSR count). The Labute approximate surface area is 115 Å². The van der Waals surface area contributed by atoms with Crippen LogP contribution in [-0.4, -0.2) is 23.0 Å². The smallest absolute Gasteiger partial charge is 0.326 e. The highest BCUT2D eigenvalue weighted by molar-refractivity contribution is 6.42. The van der Waals surface area contributed by atoms with Crippen molar-refractivity contribution in [3.8, 4) is 0 Å². The lowest BCUT2D eigenvalue weighted by atomic mass is 10.0. The van der Waals surface area contributed by atoms with E-state index in [1.165, 1.54) is 18.2 Å². The Morgan fingerprint density at radius 2 is 1.83 bits per heavy atom. The molecule has 0 unspecified atom stereocenters. The fourth-order valence-electron chi connectivity index (χ4n) is 1.38. The molecule has 98 valence electrons. The van der Waals surface area contributed by atoms with Crippen molar-refractivity contribution in [2.45, 2.75) is 19.9 Å². The zero-order valence-electron chi connectivity index (χ0n) is 9.91. The Morgan fingerprint density at radius 3 is 2.28 bits per heavy atom. The fourth-order valence-corrected chi connectivity index (χ4v) is 1.67. The normalized spacial score (nSPS) is 12.3. The standard InChI is InChI=1S/C12H13Cl2NO3/c1-6(2)10(12(17)18)15-11(16)7-3-4-8(13)9(14)5-7/h3-6,10H,1-2H3,(H,15,16)(H,17,18)/t10-/m1/s1. The number of amides is 1. The molecular formula is C12H13Cl2NO3. The van der Waals surface area contributed by atoms with Gasteiger partial charge in [0, 0.05) is 5.56 Å². The van der Waals surface area contributed by atoms with Crippen LogP contribution in [0.25, 0.3) is 0 Å². The van der Waals surface area contributed by atoms with Crippen LogP contribution < -0.4 is 5.32 Å². The number of carbonyl (C=O) groups excluding carboxylic acids is 1. The summed E-state index contributed by atoms with van der Waals surface area (Å²) in [5, 5.41) is 12.0. The number of carboxylic acids is 1. The third-order valence-corrected chi connectivity index (χ3v) is 3.14. The van der Waals surface area contributed by atoms with Crippen molar-refractivity contribution >= 4 is 35.1 Å². The van der Waals surface area contributed by atoms with Crippen molar-refractivity contribution in [2.75, 3.05) is 0 Å². The van der Waals surface area contributed by atoms with E-state index in [0.29, 0.717) is 5.02 Å². The van der Waals surface area contributed by atoms with Crippen LogP contribution >= 0.6 is 23.2 Å². The minimum atomic E-state index is -1.07. The van der Waals surface area contributed by atoms with Crippen LogP contribution in [0.1, 0.15) is 24.2 Å². The summed E-state index contributed by atoms with van der Waals surface area (Å²) in [6.07, 6.45) is 0. The van der Waals surface area contributed by atoms with Gasteiger partial charge in [-0.05, 0) is 24.1 Å². The molecule has 0 radical (unpaired) electrons. The van der Waals surface area contributed by atoms with E-state index in [2.05, 4.69) is 5.32 Å². The van der Waals surface area contributed by atoms with Crippen LogP contribution in [0.5, 0.6) is 0 Å². The second-order valence-corrected chi connectivity index (χ2v) is 4.98. The van der Waals surface area contributed by atoms with Crippen molar-refractivity contribution in [3.63, 3.8) is 0 Å². The summed E-state index contributed by atoms with van der Waals surface area (Å²) >= 11 is 11.5. The van der Waals surface area contributed by atoms with Crippen LogP contribution in [-0.2, 0) is 4.79 Å². The molecule has 0 aliphatic carbocycles. The number of benzene rings is 1. The van der Waals surface area contributed by atoms with Crippen LogP contribution in [0, 0.1) is 5.92 Å². The minimum Gasteiger partial charge on any atom is -0.480 e. The molecule has 0 saturated carbocycles. The first-order valence-corrected chi connectivity index (χ1v) is 6.07. The van der Waals surface area contributed by atoms with Gasteiger partial charge in [-0.25, -0.2) is 4.79 Å². The van der Waals surface area contributed by atoms with E-state index >= 15 is 0 Å². The van der Waals surface area contributed by atoms with Crippen LogP contribution in [0.15, 0.2) is 18.2 Å². The monoisotopic (exact) mass is 289 g/mol. The molecular weight excluding hydrogens is 277 g/mol. The van der Waals surface area contributed by atoms with E-state index in [-0.39, 0.29) is 16.5 Å². The molecule has 1 amide bonds. The molecule has 0 fully saturated rings. The molecule has 0 aliphatic rings. The maximum absolute atomic E-state index is 11.9. The van der Waals surface area contributed by atoms with Gasteiger partial charge in [-0.3, -0.25) is 4.79 Å². The van der Waals surface area contributed by atoms with E-state index in [4.69, 9.17) is 28.3 Å². The highest BCUT2D eigenvalue weighted by Crippen LogP contribution is 2.22. The van der Waals surface area contributed by atoms with E-state index in [1.54, 1.807) is 13.8 Å². The van der Waals surface area contributed by atoms with Crippen molar-refractivity contribution < 1.29 is 14.7 Å². The van der Waals surface area contributed by atoms with Gasteiger partial charge in [0.1, 0.15) is 6.04 Å². The summed E-state index contributed by atoms with van der Waals surface area (Å²) in [5.41, 5.74) is 0.274. The van der Waals surface area contributed by atoms with Gasteiger partial charge in [-0.1, -0.05) is 37.0 Å². The van der Waals surface area contributed by atoms with Crippen LogP contribution in [0.2, 0.25) is 10.0 Å². The Bertz CT molecular complexity index is 474. The van der Waals surface area contributed by atoms with Crippen molar-refractivity contribution in [1.82, 2.24) is 5.32 Å². The first kappa shape index (κ1) is 14.8. The summed E-state index contributed by atoms with van der Waals surface area (Å²) in [6.45, 7) is 3.43. The van der Waals surface area contributed by atoms with Gasteiger partial charge < -0.3 is 10.4 Å². The molecule has 6 heteroatoms. The predicted molar refractivity (Wildman–Crippen MR) is 70.2 cm³/mol. The topological polar surface area (TPSA) is 66.4 Å². The van der Waals surface area contributed by atoms with Gasteiger partial charge >= 0.3 is 5.97 Å². The summed E-state index contributed by atoms with van der Waals surface area (Å²) < 4.78 is 0. The molecule has 1 aromatic rings. The number of nitrogens with one attached hydrogen (secondary N) is 1.